The maximum Gasteiger partial charge on any atom is 0.236 e. The van der Waals surface area contributed by atoms with Crippen LogP contribution in [-0.2, 0) is 14.4 Å². The summed E-state index contributed by atoms with van der Waals surface area (Å²) in [4.78, 5) is 31.2. The van der Waals surface area contributed by atoms with Crippen LogP contribution in [0.4, 0.5) is 0 Å². The van der Waals surface area contributed by atoms with Crippen molar-refractivity contribution >= 4 is 40.0 Å². The Morgan fingerprint density at radius 2 is 1.93 bits per heavy atom. The molecule has 0 saturated heterocycles. The zero-order valence-corrected chi connectivity index (χ0v) is 10.1. The molecule has 1 unspecified atom stereocenters. The largest absolute Gasteiger partial charge is 0.299 e. The number of alkyl halides is 1. The van der Waals surface area contributed by atoms with Gasteiger partial charge in [-0.2, -0.15) is 0 Å². The molecule has 0 aromatic carbocycles. The molecule has 86 valence electrons. The molecular formula is C10H14Cl2O3. The molecule has 3 nitrogen and oxygen atoms in total. The second kappa shape index (κ2) is 7.83. The van der Waals surface area contributed by atoms with Crippen LogP contribution < -0.4 is 0 Å². The Kier molecular flexibility index (Phi) is 7.61. The first-order chi connectivity index (χ1) is 6.99. The van der Waals surface area contributed by atoms with Gasteiger partial charge in [0.15, 0.2) is 0 Å². The molecule has 0 aromatic rings. The topological polar surface area (TPSA) is 51.2 Å². The Labute approximate surface area is 99.1 Å². The summed E-state index contributed by atoms with van der Waals surface area (Å²) in [5.74, 6) is -0.154. The van der Waals surface area contributed by atoms with Gasteiger partial charge in [0.25, 0.3) is 0 Å². The smallest absolute Gasteiger partial charge is 0.236 e. The Balaban J connectivity index is 0.000000336. The first kappa shape index (κ1) is 14.6. The number of ketones is 2. The number of Topliss-reactive ketones (excluding diaryl/α,β-unsaturated/α-hetero) is 2. The van der Waals surface area contributed by atoms with E-state index in [1.54, 1.807) is 0 Å². The van der Waals surface area contributed by atoms with Crippen LogP contribution in [0, 0.1) is 5.92 Å². The normalized spacial score (nSPS) is 20.2. The van der Waals surface area contributed by atoms with Crippen LogP contribution in [0.15, 0.2) is 0 Å². The van der Waals surface area contributed by atoms with Crippen molar-refractivity contribution in [3.05, 3.63) is 0 Å². The van der Waals surface area contributed by atoms with Crippen molar-refractivity contribution in [2.24, 2.45) is 5.92 Å². The molecule has 0 heterocycles. The zero-order chi connectivity index (χ0) is 11.8. The second-order valence-corrected chi connectivity index (χ2v) is 4.05. The molecular weight excluding hydrogens is 239 g/mol. The number of rotatable bonds is 2. The molecule has 0 bridgehead atoms. The number of carbonyl (C=O) groups is 3. The predicted molar refractivity (Wildman–Crippen MR) is 59.2 cm³/mol. The maximum atomic E-state index is 11.0. The molecule has 1 atom stereocenters. The highest BCUT2D eigenvalue weighted by molar-refractivity contribution is 6.67. The number of halogens is 2. The van der Waals surface area contributed by atoms with E-state index in [4.69, 9.17) is 23.2 Å². The van der Waals surface area contributed by atoms with Gasteiger partial charge >= 0.3 is 0 Å². The molecule has 1 rings (SSSR count). The minimum atomic E-state index is -0.508. The summed E-state index contributed by atoms with van der Waals surface area (Å²) < 4.78 is 0. The van der Waals surface area contributed by atoms with Gasteiger partial charge in [-0.3, -0.25) is 14.4 Å². The highest BCUT2D eigenvalue weighted by Crippen LogP contribution is 2.20. The van der Waals surface area contributed by atoms with Gasteiger partial charge in [-0.05, 0) is 31.4 Å². The summed E-state index contributed by atoms with van der Waals surface area (Å²) in [6.45, 7) is 1.51. The van der Waals surface area contributed by atoms with Crippen LogP contribution in [-0.4, -0.2) is 22.7 Å². The molecule has 1 saturated carbocycles. The van der Waals surface area contributed by atoms with Crippen molar-refractivity contribution in [2.45, 2.75) is 32.6 Å². The lowest BCUT2D eigenvalue weighted by atomic mass is 9.86. The lowest BCUT2D eigenvalue weighted by Gasteiger charge is -2.16. The van der Waals surface area contributed by atoms with Crippen molar-refractivity contribution in [1.29, 1.82) is 0 Å². The average Bonchev–Trinajstić information content (AvgIpc) is 2.19. The Bertz CT molecular complexity index is 251. The summed E-state index contributed by atoms with van der Waals surface area (Å²) >= 11 is 9.55. The van der Waals surface area contributed by atoms with Crippen LogP contribution >= 0.6 is 23.2 Å². The van der Waals surface area contributed by atoms with Crippen molar-refractivity contribution in [3.8, 4) is 0 Å². The third kappa shape index (κ3) is 6.63. The van der Waals surface area contributed by atoms with Crippen molar-refractivity contribution in [1.82, 2.24) is 0 Å². The van der Waals surface area contributed by atoms with Gasteiger partial charge in [0.1, 0.15) is 11.6 Å². The van der Waals surface area contributed by atoms with Gasteiger partial charge in [-0.15, -0.1) is 11.6 Å². The van der Waals surface area contributed by atoms with Crippen LogP contribution in [0.5, 0.6) is 0 Å². The molecule has 1 aliphatic carbocycles. The molecule has 0 spiro atoms. The minimum absolute atomic E-state index is 0.0460. The van der Waals surface area contributed by atoms with Gasteiger partial charge in [0, 0.05) is 6.42 Å². The van der Waals surface area contributed by atoms with Gasteiger partial charge < -0.3 is 0 Å². The molecule has 0 N–H and O–H groups in total. The van der Waals surface area contributed by atoms with E-state index in [1.807, 2.05) is 0 Å². The molecule has 1 fully saturated rings. The first-order valence-electron chi connectivity index (χ1n) is 4.76. The lowest BCUT2D eigenvalue weighted by molar-refractivity contribution is -0.133. The Hall–Kier alpha value is -0.410. The summed E-state index contributed by atoms with van der Waals surface area (Å²) in [6, 6.07) is 0. The molecule has 15 heavy (non-hydrogen) atoms. The van der Waals surface area contributed by atoms with E-state index < -0.39 is 5.24 Å². The quantitative estimate of drug-likeness (QED) is 0.431. The zero-order valence-electron chi connectivity index (χ0n) is 8.59. The van der Waals surface area contributed by atoms with E-state index in [-0.39, 0.29) is 23.4 Å². The molecule has 5 heteroatoms. The monoisotopic (exact) mass is 252 g/mol. The van der Waals surface area contributed by atoms with Crippen LogP contribution in [0.25, 0.3) is 0 Å². The van der Waals surface area contributed by atoms with Crippen molar-refractivity contribution < 1.29 is 14.4 Å². The molecule has 0 amide bonds. The van der Waals surface area contributed by atoms with E-state index in [0.717, 1.165) is 19.3 Å². The Morgan fingerprint density at radius 1 is 1.40 bits per heavy atom. The minimum Gasteiger partial charge on any atom is -0.299 e. The number of carbonyl (C=O) groups excluding carboxylic acids is 3. The fourth-order valence-corrected chi connectivity index (χ4v) is 1.41. The molecule has 0 aromatic heterocycles. The van der Waals surface area contributed by atoms with E-state index in [1.165, 1.54) is 6.92 Å². The summed E-state index contributed by atoms with van der Waals surface area (Å²) in [6.07, 6.45) is 3.41. The van der Waals surface area contributed by atoms with E-state index in [2.05, 4.69) is 0 Å². The number of hydrogen-bond donors (Lipinski definition) is 0. The van der Waals surface area contributed by atoms with Gasteiger partial charge in [0.05, 0.1) is 11.8 Å². The summed E-state index contributed by atoms with van der Waals surface area (Å²) in [5, 5.41) is -0.508. The molecule has 1 aliphatic rings. The van der Waals surface area contributed by atoms with Gasteiger partial charge in [-0.1, -0.05) is 6.42 Å². The van der Waals surface area contributed by atoms with E-state index in [9.17, 15) is 14.4 Å². The first-order valence-corrected chi connectivity index (χ1v) is 5.67. The van der Waals surface area contributed by atoms with E-state index in [0.29, 0.717) is 6.42 Å². The fraction of sp³-hybridized carbons (Fsp3) is 0.700. The summed E-state index contributed by atoms with van der Waals surface area (Å²) in [5.41, 5.74) is 0. The highest BCUT2D eigenvalue weighted by atomic mass is 35.5. The van der Waals surface area contributed by atoms with Gasteiger partial charge in [-0.25, -0.2) is 0 Å². The van der Waals surface area contributed by atoms with Crippen LogP contribution in [0.1, 0.15) is 32.6 Å². The standard InChI is InChI=1S/C8H12O2.C2H2Cl2O/c1-6(9)7-4-2-3-5-8(7)10;3-1-2(4)5/h7H,2-5H2,1H3;1H2. The summed E-state index contributed by atoms with van der Waals surface area (Å²) in [7, 11) is 0. The second-order valence-electron chi connectivity index (χ2n) is 3.36. The fourth-order valence-electron chi connectivity index (χ4n) is 1.41. The molecule has 0 aliphatic heterocycles. The Morgan fingerprint density at radius 3 is 2.20 bits per heavy atom. The third-order valence-corrected chi connectivity index (χ3v) is 2.66. The van der Waals surface area contributed by atoms with Crippen LogP contribution in [0.3, 0.4) is 0 Å². The number of hydrogen-bond acceptors (Lipinski definition) is 3. The predicted octanol–water partition coefficient (Wildman–Crippen LogP) is 2.33. The SMILES string of the molecule is CC(=O)C1CCCCC1=O.O=C(Cl)CCl. The van der Waals surface area contributed by atoms with Crippen LogP contribution in [0.2, 0.25) is 0 Å². The van der Waals surface area contributed by atoms with Gasteiger partial charge in [0.2, 0.25) is 5.24 Å². The third-order valence-electron chi connectivity index (χ3n) is 2.15. The lowest BCUT2D eigenvalue weighted by Crippen LogP contribution is -2.24. The molecule has 0 radical (unpaired) electrons. The average molecular weight is 253 g/mol. The van der Waals surface area contributed by atoms with Crippen molar-refractivity contribution in [3.63, 3.8) is 0 Å². The van der Waals surface area contributed by atoms with Crippen molar-refractivity contribution in [2.75, 3.05) is 5.88 Å². The maximum absolute atomic E-state index is 11.0. The van der Waals surface area contributed by atoms with E-state index >= 15 is 0 Å². The highest BCUT2D eigenvalue weighted by Gasteiger charge is 2.25.